The lowest BCUT2D eigenvalue weighted by Gasteiger charge is -2.23. The summed E-state index contributed by atoms with van der Waals surface area (Å²) in [5, 5.41) is 3.81. The summed E-state index contributed by atoms with van der Waals surface area (Å²) in [4.78, 5) is 14.1. The second-order valence-corrected chi connectivity index (χ2v) is 11.1. The maximum Gasteiger partial charge on any atom is 0.243 e. The number of carbonyl (C=O) groups excluding carboxylic acids is 1. The molecule has 174 valence electrons. The van der Waals surface area contributed by atoms with Crippen molar-refractivity contribution in [3.05, 3.63) is 94.0 Å². The molecule has 33 heavy (non-hydrogen) atoms. The number of halogens is 2. The summed E-state index contributed by atoms with van der Waals surface area (Å²) in [5.74, 6) is -0.406. The molecule has 9 heteroatoms. The molecule has 0 spiro atoms. The van der Waals surface area contributed by atoms with E-state index in [1.54, 1.807) is 36.0 Å². The Morgan fingerprint density at radius 2 is 1.67 bits per heavy atom. The molecule has 1 unspecified atom stereocenters. The third-order valence-electron chi connectivity index (χ3n) is 5.01. The average Bonchev–Trinajstić information content (AvgIpc) is 2.79. The van der Waals surface area contributed by atoms with E-state index < -0.39 is 15.9 Å². The molecule has 0 aliphatic rings. The second-order valence-electron chi connectivity index (χ2n) is 7.42. The van der Waals surface area contributed by atoms with Gasteiger partial charge in [-0.15, -0.1) is 11.8 Å². The lowest BCUT2D eigenvalue weighted by molar-refractivity contribution is -0.122. The highest BCUT2D eigenvalue weighted by Crippen LogP contribution is 2.22. The standard InChI is InChI=1S/C24H24Cl2N2O3S2/c1-17(19-6-10-22(32-2)11-7-19)27-24(29)16-28(15-18-4-3-5-21(26)14-18)33(30,31)23-12-8-20(25)9-13-23/h3-14,17H,15-16H2,1-2H3,(H,27,29). The van der Waals surface area contributed by atoms with Gasteiger partial charge in [-0.25, -0.2) is 8.42 Å². The van der Waals surface area contributed by atoms with Crippen LogP contribution in [0.1, 0.15) is 24.1 Å². The van der Waals surface area contributed by atoms with Crippen LogP contribution in [0.2, 0.25) is 10.0 Å². The third kappa shape index (κ3) is 6.98. The lowest BCUT2D eigenvalue weighted by atomic mass is 10.1. The van der Waals surface area contributed by atoms with Crippen LogP contribution < -0.4 is 5.32 Å². The maximum atomic E-state index is 13.4. The Balaban J connectivity index is 1.82. The molecule has 0 saturated heterocycles. The van der Waals surface area contributed by atoms with Gasteiger partial charge < -0.3 is 5.32 Å². The van der Waals surface area contributed by atoms with Gasteiger partial charge in [0, 0.05) is 21.5 Å². The zero-order valence-electron chi connectivity index (χ0n) is 18.2. The first kappa shape index (κ1) is 25.6. The predicted octanol–water partition coefficient (Wildman–Crippen LogP) is 5.78. The van der Waals surface area contributed by atoms with Gasteiger partial charge in [0.05, 0.1) is 17.5 Å². The maximum absolute atomic E-state index is 13.4. The molecule has 0 heterocycles. The fourth-order valence-corrected chi connectivity index (χ4v) is 5.38. The molecule has 0 fully saturated rings. The minimum atomic E-state index is -3.97. The highest BCUT2D eigenvalue weighted by Gasteiger charge is 2.27. The normalized spacial score (nSPS) is 12.5. The smallest absolute Gasteiger partial charge is 0.243 e. The van der Waals surface area contributed by atoms with Crippen molar-refractivity contribution in [2.45, 2.75) is 29.3 Å². The predicted molar refractivity (Wildman–Crippen MR) is 135 cm³/mol. The highest BCUT2D eigenvalue weighted by atomic mass is 35.5. The van der Waals surface area contributed by atoms with Gasteiger partial charge in [0.15, 0.2) is 0 Å². The summed E-state index contributed by atoms with van der Waals surface area (Å²) in [6.45, 7) is 1.52. The number of hydrogen-bond donors (Lipinski definition) is 1. The van der Waals surface area contributed by atoms with E-state index in [1.807, 2.05) is 37.4 Å². The molecule has 0 saturated carbocycles. The number of rotatable bonds is 9. The zero-order valence-corrected chi connectivity index (χ0v) is 21.3. The first-order valence-corrected chi connectivity index (χ1v) is 13.5. The number of hydrogen-bond acceptors (Lipinski definition) is 4. The molecule has 5 nitrogen and oxygen atoms in total. The molecule has 1 N–H and O–H groups in total. The van der Waals surface area contributed by atoms with Gasteiger partial charge in [-0.3, -0.25) is 4.79 Å². The summed E-state index contributed by atoms with van der Waals surface area (Å²) < 4.78 is 27.9. The van der Waals surface area contributed by atoms with Crippen molar-refractivity contribution in [2.24, 2.45) is 0 Å². The van der Waals surface area contributed by atoms with Gasteiger partial charge in [-0.1, -0.05) is 47.5 Å². The molecule has 0 aromatic heterocycles. The number of amides is 1. The Labute approximate surface area is 209 Å². The van der Waals surface area contributed by atoms with E-state index in [9.17, 15) is 13.2 Å². The van der Waals surface area contributed by atoms with Crippen molar-refractivity contribution in [3.8, 4) is 0 Å². The number of thioether (sulfide) groups is 1. The van der Waals surface area contributed by atoms with Crippen LogP contribution >= 0.6 is 35.0 Å². The Bertz CT molecular complexity index is 1200. The van der Waals surface area contributed by atoms with Crippen LogP contribution in [0.15, 0.2) is 82.6 Å². The third-order valence-corrected chi connectivity index (χ3v) is 8.05. The zero-order chi connectivity index (χ0) is 24.0. The van der Waals surface area contributed by atoms with Crippen LogP contribution in [-0.2, 0) is 21.4 Å². The van der Waals surface area contributed by atoms with Gasteiger partial charge in [-0.2, -0.15) is 4.31 Å². The van der Waals surface area contributed by atoms with Crippen LogP contribution in [0, 0.1) is 0 Å². The van der Waals surface area contributed by atoms with E-state index in [4.69, 9.17) is 23.2 Å². The Morgan fingerprint density at radius 1 is 1.00 bits per heavy atom. The second kappa shape index (κ2) is 11.4. The van der Waals surface area contributed by atoms with Crippen molar-refractivity contribution >= 4 is 50.9 Å². The Morgan fingerprint density at radius 3 is 2.27 bits per heavy atom. The summed E-state index contributed by atoms with van der Waals surface area (Å²) in [5.41, 5.74) is 1.61. The molecule has 0 aliphatic heterocycles. The minimum absolute atomic E-state index is 0.00423. The number of sulfonamides is 1. The molecule has 3 aromatic carbocycles. The molecule has 3 rings (SSSR count). The van der Waals surface area contributed by atoms with E-state index in [0.717, 1.165) is 14.8 Å². The topological polar surface area (TPSA) is 66.5 Å². The van der Waals surface area contributed by atoms with Crippen LogP contribution in [0.3, 0.4) is 0 Å². The number of carbonyl (C=O) groups is 1. The molecule has 0 bridgehead atoms. The molecule has 1 atom stereocenters. The van der Waals surface area contributed by atoms with E-state index in [2.05, 4.69) is 5.32 Å². The summed E-state index contributed by atoms with van der Waals surface area (Å²) in [7, 11) is -3.97. The molecule has 3 aromatic rings. The van der Waals surface area contributed by atoms with E-state index >= 15 is 0 Å². The largest absolute Gasteiger partial charge is 0.348 e. The lowest BCUT2D eigenvalue weighted by Crippen LogP contribution is -2.41. The van der Waals surface area contributed by atoms with Crippen LogP contribution in [0.4, 0.5) is 0 Å². The molecule has 0 aliphatic carbocycles. The SMILES string of the molecule is CSc1ccc(C(C)NC(=O)CN(Cc2cccc(Cl)c2)S(=O)(=O)c2ccc(Cl)cc2)cc1. The Kier molecular flexibility index (Phi) is 8.84. The van der Waals surface area contributed by atoms with Gasteiger partial charge in [0.25, 0.3) is 0 Å². The molecular formula is C24H24Cl2N2O3S2. The summed E-state index contributed by atoms with van der Waals surface area (Å²) in [6.07, 6.45) is 2.00. The first-order chi connectivity index (χ1) is 15.7. The molecule has 0 radical (unpaired) electrons. The molecular weight excluding hydrogens is 499 g/mol. The van der Waals surface area contributed by atoms with Gasteiger partial charge in [-0.05, 0) is 72.8 Å². The van der Waals surface area contributed by atoms with Crippen molar-refractivity contribution in [3.63, 3.8) is 0 Å². The van der Waals surface area contributed by atoms with Gasteiger partial charge in [0.2, 0.25) is 15.9 Å². The number of nitrogens with one attached hydrogen (secondary N) is 1. The van der Waals surface area contributed by atoms with Crippen molar-refractivity contribution in [2.75, 3.05) is 12.8 Å². The average molecular weight is 524 g/mol. The molecule has 1 amide bonds. The van der Waals surface area contributed by atoms with Crippen LogP contribution in [0.25, 0.3) is 0 Å². The quantitative estimate of drug-likeness (QED) is 0.361. The fraction of sp³-hybridized carbons (Fsp3) is 0.208. The monoisotopic (exact) mass is 522 g/mol. The Hall–Kier alpha value is -2.03. The minimum Gasteiger partial charge on any atom is -0.348 e. The first-order valence-electron chi connectivity index (χ1n) is 10.1. The number of nitrogens with zero attached hydrogens (tertiary/aromatic N) is 1. The van der Waals surface area contributed by atoms with E-state index in [0.29, 0.717) is 15.6 Å². The van der Waals surface area contributed by atoms with E-state index in [1.165, 1.54) is 24.3 Å². The van der Waals surface area contributed by atoms with Gasteiger partial charge >= 0.3 is 0 Å². The van der Waals surface area contributed by atoms with Crippen LogP contribution in [-0.4, -0.2) is 31.4 Å². The van der Waals surface area contributed by atoms with Crippen molar-refractivity contribution in [1.82, 2.24) is 9.62 Å². The van der Waals surface area contributed by atoms with Crippen molar-refractivity contribution < 1.29 is 13.2 Å². The van der Waals surface area contributed by atoms with Crippen LogP contribution in [0.5, 0.6) is 0 Å². The summed E-state index contributed by atoms with van der Waals surface area (Å²) >= 11 is 13.6. The highest BCUT2D eigenvalue weighted by molar-refractivity contribution is 7.98. The van der Waals surface area contributed by atoms with Crippen molar-refractivity contribution in [1.29, 1.82) is 0 Å². The van der Waals surface area contributed by atoms with Gasteiger partial charge in [0.1, 0.15) is 0 Å². The summed E-state index contributed by atoms with van der Waals surface area (Å²) in [6, 6.07) is 20.4. The fourth-order valence-electron chi connectivity index (χ4n) is 3.24. The number of benzene rings is 3. The van der Waals surface area contributed by atoms with E-state index in [-0.39, 0.29) is 24.0 Å².